The van der Waals surface area contributed by atoms with Gasteiger partial charge in [0.2, 0.25) is 0 Å². The smallest absolute Gasteiger partial charge is 0.323 e. The second-order valence-electron chi connectivity index (χ2n) is 4.09. The summed E-state index contributed by atoms with van der Waals surface area (Å²) >= 11 is 1.67. The Balaban J connectivity index is 2.22. The fourth-order valence-corrected chi connectivity index (χ4v) is 2.87. The van der Waals surface area contributed by atoms with Crippen LogP contribution in [0.3, 0.4) is 0 Å². The zero-order valence-corrected chi connectivity index (χ0v) is 10.7. The molecule has 0 fully saturated rings. The quantitative estimate of drug-likeness (QED) is 0.849. The first-order valence-electron chi connectivity index (χ1n) is 5.42. The SMILES string of the molecule is COC(=O)C(N)Cc1cc2cc(C)ccc2s1. The molecule has 1 aromatic carbocycles. The zero-order valence-electron chi connectivity index (χ0n) is 9.90. The third-order valence-electron chi connectivity index (χ3n) is 2.65. The topological polar surface area (TPSA) is 52.3 Å². The van der Waals surface area contributed by atoms with Crippen LogP contribution in [-0.2, 0) is 16.0 Å². The van der Waals surface area contributed by atoms with E-state index in [1.165, 1.54) is 22.8 Å². The van der Waals surface area contributed by atoms with Crippen LogP contribution in [0.25, 0.3) is 10.1 Å². The van der Waals surface area contributed by atoms with Gasteiger partial charge >= 0.3 is 5.97 Å². The first kappa shape index (κ1) is 12.1. The average molecular weight is 249 g/mol. The van der Waals surface area contributed by atoms with Crippen molar-refractivity contribution in [2.45, 2.75) is 19.4 Å². The molecule has 0 bridgehead atoms. The summed E-state index contributed by atoms with van der Waals surface area (Å²) in [6.45, 7) is 2.07. The molecule has 1 unspecified atom stereocenters. The van der Waals surface area contributed by atoms with E-state index >= 15 is 0 Å². The van der Waals surface area contributed by atoms with Crippen molar-refractivity contribution >= 4 is 27.4 Å². The molecule has 2 rings (SSSR count). The molecule has 1 atom stereocenters. The van der Waals surface area contributed by atoms with E-state index in [2.05, 4.69) is 35.9 Å². The van der Waals surface area contributed by atoms with Crippen LogP contribution in [0.15, 0.2) is 24.3 Å². The van der Waals surface area contributed by atoms with Gasteiger partial charge in [-0.05, 0) is 24.4 Å². The number of aryl methyl sites for hydroxylation is 1. The van der Waals surface area contributed by atoms with Crippen molar-refractivity contribution in [2.24, 2.45) is 5.73 Å². The fourth-order valence-electron chi connectivity index (χ4n) is 1.77. The molecule has 0 amide bonds. The zero-order chi connectivity index (χ0) is 12.4. The van der Waals surface area contributed by atoms with Gasteiger partial charge in [-0.15, -0.1) is 11.3 Å². The average Bonchev–Trinajstić information content (AvgIpc) is 2.69. The molecule has 17 heavy (non-hydrogen) atoms. The van der Waals surface area contributed by atoms with Crippen LogP contribution in [0, 0.1) is 6.92 Å². The van der Waals surface area contributed by atoms with Crippen LogP contribution in [0.1, 0.15) is 10.4 Å². The van der Waals surface area contributed by atoms with Crippen molar-refractivity contribution in [1.82, 2.24) is 0 Å². The van der Waals surface area contributed by atoms with Crippen LogP contribution >= 0.6 is 11.3 Å². The Kier molecular flexibility index (Phi) is 3.45. The van der Waals surface area contributed by atoms with Crippen molar-refractivity contribution < 1.29 is 9.53 Å². The molecule has 0 aliphatic heterocycles. The van der Waals surface area contributed by atoms with Gasteiger partial charge in [-0.1, -0.05) is 17.7 Å². The predicted molar refractivity (Wildman–Crippen MR) is 70.3 cm³/mol. The lowest BCUT2D eigenvalue weighted by atomic mass is 10.1. The molecule has 3 nitrogen and oxygen atoms in total. The molecule has 1 heterocycles. The second-order valence-corrected chi connectivity index (χ2v) is 5.26. The molecule has 90 valence electrons. The van der Waals surface area contributed by atoms with Gasteiger partial charge in [0, 0.05) is 16.0 Å². The summed E-state index contributed by atoms with van der Waals surface area (Å²) in [5.74, 6) is -0.362. The molecule has 0 saturated carbocycles. The molecule has 2 N–H and O–H groups in total. The lowest BCUT2D eigenvalue weighted by Gasteiger charge is -2.06. The molecule has 0 spiro atoms. The Morgan fingerprint density at radius 3 is 2.94 bits per heavy atom. The van der Waals surface area contributed by atoms with E-state index < -0.39 is 6.04 Å². The van der Waals surface area contributed by atoms with E-state index in [4.69, 9.17) is 5.73 Å². The number of rotatable bonds is 3. The van der Waals surface area contributed by atoms with Crippen LogP contribution in [-0.4, -0.2) is 19.1 Å². The van der Waals surface area contributed by atoms with Crippen molar-refractivity contribution in [1.29, 1.82) is 0 Å². The molecule has 0 aliphatic rings. The molecule has 1 aromatic heterocycles. The summed E-state index contributed by atoms with van der Waals surface area (Å²) < 4.78 is 5.84. The van der Waals surface area contributed by atoms with Crippen molar-refractivity contribution in [3.05, 3.63) is 34.7 Å². The Morgan fingerprint density at radius 2 is 2.24 bits per heavy atom. The summed E-state index contributed by atoms with van der Waals surface area (Å²) in [4.78, 5) is 12.4. The van der Waals surface area contributed by atoms with Gasteiger partial charge in [0.15, 0.2) is 0 Å². The number of carbonyl (C=O) groups is 1. The Labute approximate surface area is 104 Å². The van der Waals surface area contributed by atoms with Crippen molar-refractivity contribution in [2.75, 3.05) is 7.11 Å². The van der Waals surface area contributed by atoms with E-state index in [1.807, 2.05) is 0 Å². The molecule has 0 saturated heterocycles. The first-order valence-corrected chi connectivity index (χ1v) is 6.24. The van der Waals surface area contributed by atoms with Gasteiger partial charge in [-0.2, -0.15) is 0 Å². The summed E-state index contributed by atoms with van der Waals surface area (Å²) in [5.41, 5.74) is 6.98. The molecular weight excluding hydrogens is 234 g/mol. The van der Waals surface area contributed by atoms with Crippen LogP contribution in [0.2, 0.25) is 0 Å². The maximum absolute atomic E-state index is 11.2. The number of thiophene rings is 1. The molecule has 0 aliphatic carbocycles. The fraction of sp³-hybridized carbons (Fsp3) is 0.308. The van der Waals surface area contributed by atoms with Crippen LogP contribution < -0.4 is 5.73 Å². The van der Waals surface area contributed by atoms with Crippen LogP contribution in [0.4, 0.5) is 0 Å². The number of hydrogen-bond donors (Lipinski definition) is 1. The number of hydrogen-bond acceptors (Lipinski definition) is 4. The van der Waals surface area contributed by atoms with Gasteiger partial charge in [0.25, 0.3) is 0 Å². The van der Waals surface area contributed by atoms with E-state index in [1.54, 1.807) is 11.3 Å². The maximum atomic E-state index is 11.2. The third kappa shape index (κ3) is 2.65. The third-order valence-corrected chi connectivity index (χ3v) is 3.79. The number of carbonyl (C=O) groups excluding carboxylic acids is 1. The summed E-state index contributed by atoms with van der Waals surface area (Å²) in [7, 11) is 1.36. The summed E-state index contributed by atoms with van der Waals surface area (Å²) in [6, 6.07) is 7.84. The highest BCUT2D eigenvalue weighted by Gasteiger charge is 2.15. The van der Waals surface area contributed by atoms with Gasteiger partial charge in [-0.25, -0.2) is 0 Å². The minimum atomic E-state index is -0.575. The molecular formula is C13H15NO2S. The Hall–Kier alpha value is -1.39. The molecule has 0 radical (unpaired) electrons. The lowest BCUT2D eigenvalue weighted by molar-refractivity contribution is -0.142. The van der Waals surface area contributed by atoms with E-state index in [0.717, 1.165) is 4.88 Å². The largest absolute Gasteiger partial charge is 0.468 e. The molecule has 2 aromatic rings. The summed E-state index contributed by atoms with van der Waals surface area (Å²) in [6.07, 6.45) is 0.533. The van der Waals surface area contributed by atoms with E-state index in [0.29, 0.717) is 6.42 Å². The number of ether oxygens (including phenoxy) is 1. The minimum absolute atomic E-state index is 0.362. The first-order chi connectivity index (χ1) is 8.10. The van der Waals surface area contributed by atoms with Gasteiger partial charge in [0.05, 0.1) is 7.11 Å². The Morgan fingerprint density at radius 1 is 1.47 bits per heavy atom. The van der Waals surface area contributed by atoms with Gasteiger partial charge < -0.3 is 10.5 Å². The monoisotopic (exact) mass is 249 g/mol. The predicted octanol–water partition coefficient (Wildman–Crippen LogP) is 2.25. The number of nitrogens with two attached hydrogens (primary N) is 1. The van der Waals surface area contributed by atoms with Crippen molar-refractivity contribution in [3.63, 3.8) is 0 Å². The van der Waals surface area contributed by atoms with E-state index in [9.17, 15) is 4.79 Å². The number of benzene rings is 1. The van der Waals surface area contributed by atoms with E-state index in [-0.39, 0.29) is 5.97 Å². The maximum Gasteiger partial charge on any atom is 0.323 e. The highest BCUT2D eigenvalue weighted by atomic mass is 32.1. The normalized spacial score (nSPS) is 12.6. The van der Waals surface area contributed by atoms with Crippen molar-refractivity contribution in [3.8, 4) is 0 Å². The minimum Gasteiger partial charge on any atom is -0.468 e. The standard InChI is InChI=1S/C13H15NO2S/c1-8-3-4-12-9(5-8)6-10(17-12)7-11(14)13(15)16-2/h3-6,11H,7,14H2,1-2H3. The Bertz CT molecular complexity index is 547. The highest BCUT2D eigenvalue weighted by molar-refractivity contribution is 7.19. The highest BCUT2D eigenvalue weighted by Crippen LogP contribution is 2.27. The summed E-state index contributed by atoms with van der Waals surface area (Å²) in [5, 5.41) is 1.21. The number of esters is 1. The lowest BCUT2D eigenvalue weighted by Crippen LogP contribution is -2.33. The van der Waals surface area contributed by atoms with Gasteiger partial charge in [0.1, 0.15) is 6.04 Å². The number of methoxy groups -OCH3 is 1. The van der Waals surface area contributed by atoms with Crippen LogP contribution in [0.5, 0.6) is 0 Å². The number of fused-ring (bicyclic) bond motifs is 1. The second kappa shape index (κ2) is 4.85. The van der Waals surface area contributed by atoms with Gasteiger partial charge in [-0.3, -0.25) is 4.79 Å². The molecule has 4 heteroatoms.